The van der Waals surface area contributed by atoms with Crippen LogP contribution in [0.1, 0.15) is 11.1 Å². The van der Waals surface area contributed by atoms with E-state index in [1.165, 1.54) is 0 Å². The molecule has 0 spiro atoms. The molecule has 0 atom stereocenters. The molecule has 0 bridgehead atoms. The highest BCUT2D eigenvalue weighted by molar-refractivity contribution is 7.21. The summed E-state index contributed by atoms with van der Waals surface area (Å²) in [6, 6.07) is 18.0. The highest BCUT2D eigenvalue weighted by atomic mass is 32.1. The molecule has 3 heterocycles. The number of aryl methyl sites for hydroxylation is 2. The van der Waals surface area contributed by atoms with Gasteiger partial charge in [0.15, 0.2) is 0 Å². The van der Waals surface area contributed by atoms with Crippen LogP contribution in [0.25, 0.3) is 31.8 Å². The number of hydrogen-bond acceptors (Lipinski definition) is 4. The Bertz CT molecular complexity index is 1370. The van der Waals surface area contributed by atoms with Crippen molar-refractivity contribution < 1.29 is 4.79 Å². The fourth-order valence-electron chi connectivity index (χ4n) is 3.76. The molecule has 0 saturated carbocycles. The molecule has 6 heteroatoms. The zero-order chi connectivity index (χ0) is 20.7. The van der Waals surface area contributed by atoms with Crippen molar-refractivity contribution in [1.29, 1.82) is 0 Å². The van der Waals surface area contributed by atoms with E-state index in [2.05, 4.69) is 38.1 Å². The molecule has 3 aromatic heterocycles. The SMILES string of the molecule is Cc1cc(-c2nc3cccnc3s2)ccc1NC(=O)Cc1cn(C)c2ccccc12. The standard InChI is InChI=1S/C24H20N4OS/c1-15-12-16(23-27-20-7-5-11-25-24(20)30-23)9-10-19(15)26-22(29)13-17-14-28(2)21-8-4-3-6-18(17)21/h3-12,14H,13H2,1-2H3,(H,26,29). The molecule has 5 aromatic rings. The quantitative estimate of drug-likeness (QED) is 0.433. The number of nitrogens with one attached hydrogen (secondary N) is 1. The van der Waals surface area contributed by atoms with Gasteiger partial charge in [0.1, 0.15) is 15.4 Å². The van der Waals surface area contributed by atoms with Gasteiger partial charge in [0, 0.05) is 41.6 Å². The van der Waals surface area contributed by atoms with E-state index in [0.29, 0.717) is 6.42 Å². The van der Waals surface area contributed by atoms with Crippen LogP contribution in [-0.4, -0.2) is 20.4 Å². The Kier molecular flexibility index (Phi) is 4.56. The van der Waals surface area contributed by atoms with Crippen LogP contribution < -0.4 is 5.32 Å². The molecule has 0 aliphatic heterocycles. The predicted octanol–water partition coefficient (Wildman–Crippen LogP) is 5.34. The Morgan fingerprint density at radius 2 is 2.00 bits per heavy atom. The topological polar surface area (TPSA) is 59.8 Å². The highest BCUT2D eigenvalue weighted by Crippen LogP contribution is 2.31. The molecule has 0 aliphatic rings. The minimum atomic E-state index is -0.0219. The summed E-state index contributed by atoms with van der Waals surface area (Å²) in [5, 5.41) is 5.11. The van der Waals surface area contributed by atoms with Gasteiger partial charge in [0.2, 0.25) is 5.91 Å². The minimum absolute atomic E-state index is 0.0219. The van der Waals surface area contributed by atoms with E-state index in [4.69, 9.17) is 0 Å². The van der Waals surface area contributed by atoms with Crippen LogP contribution in [0.2, 0.25) is 0 Å². The first-order valence-corrected chi connectivity index (χ1v) is 10.6. The fourth-order valence-corrected chi connectivity index (χ4v) is 4.67. The van der Waals surface area contributed by atoms with Crippen LogP contribution in [0, 0.1) is 6.92 Å². The van der Waals surface area contributed by atoms with E-state index in [1.54, 1.807) is 17.5 Å². The normalized spacial score (nSPS) is 11.3. The molecule has 1 amide bonds. The number of carbonyl (C=O) groups is 1. The maximum absolute atomic E-state index is 12.7. The molecule has 0 aliphatic carbocycles. The summed E-state index contributed by atoms with van der Waals surface area (Å²) in [6.45, 7) is 2.00. The summed E-state index contributed by atoms with van der Waals surface area (Å²) in [7, 11) is 2.00. The van der Waals surface area contributed by atoms with Gasteiger partial charge in [0.25, 0.3) is 0 Å². The number of carbonyl (C=O) groups excluding carboxylic acids is 1. The Balaban J connectivity index is 1.36. The van der Waals surface area contributed by atoms with Gasteiger partial charge in [-0.05, 0) is 54.4 Å². The number of thiazole rings is 1. The second-order valence-corrected chi connectivity index (χ2v) is 8.36. The van der Waals surface area contributed by atoms with Crippen LogP contribution >= 0.6 is 11.3 Å². The lowest BCUT2D eigenvalue weighted by Gasteiger charge is -2.09. The van der Waals surface area contributed by atoms with Crippen molar-refractivity contribution in [3.63, 3.8) is 0 Å². The number of nitrogens with zero attached hydrogens (tertiary/aromatic N) is 3. The Hall–Kier alpha value is -3.51. The van der Waals surface area contributed by atoms with Crippen molar-refractivity contribution >= 4 is 44.2 Å². The van der Waals surface area contributed by atoms with Crippen molar-refractivity contribution in [2.24, 2.45) is 7.05 Å². The van der Waals surface area contributed by atoms with E-state index in [1.807, 2.05) is 56.6 Å². The number of amides is 1. The number of anilines is 1. The van der Waals surface area contributed by atoms with Gasteiger partial charge in [-0.1, -0.05) is 29.5 Å². The smallest absolute Gasteiger partial charge is 0.228 e. The van der Waals surface area contributed by atoms with Crippen LogP contribution in [0.3, 0.4) is 0 Å². The van der Waals surface area contributed by atoms with Crippen LogP contribution in [0.15, 0.2) is 67.0 Å². The lowest BCUT2D eigenvalue weighted by molar-refractivity contribution is -0.115. The number of benzene rings is 2. The minimum Gasteiger partial charge on any atom is -0.350 e. The van der Waals surface area contributed by atoms with Crippen LogP contribution in [0.5, 0.6) is 0 Å². The largest absolute Gasteiger partial charge is 0.350 e. The van der Waals surface area contributed by atoms with Crippen LogP contribution in [0.4, 0.5) is 5.69 Å². The summed E-state index contributed by atoms with van der Waals surface area (Å²) < 4.78 is 2.06. The third kappa shape index (κ3) is 3.35. The van der Waals surface area contributed by atoms with Crippen molar-refractivity contribution in [2.45, 2.75) is 13.3 Å². The number of fused-ring (bicyclic) bond motifs is 2. The summed E-state index contributed by atoms with van der Waals surface area (Å²) >= 11 is 1.57. The molecule has 2 aromatic carbocycles. The second kappa shape index (κ2) is 7.39. The molecular weight excluding hydrogens is 392 g/mol. The third-order valence-electron chi connectivity index (χ3n) is 5.24. The van der Waals surface area contributed by atoms with Gasteiger partial charge in [-0.15, -0.1) is 0 Å². The second-order valence-electron chi connectivity index (χ2n) is 7.38. The molecule has 30 heavy (non-hydrogen) atoms. The maximum atomic E-state index is 12.7. The van der Waals surface area contributed by atoms with Gasteiger partial charge in [0.05, 0.1) is 6.42 Å². The Morgan fingerprint density at radius 1 is 1.13 bits per heavy atom. The number of rotatable bonds is 4. The lowest BCUT2D eigenvalue weighted by Crippen LogP contribution is -2.15. The number of pyridine rings is 1. The van der Waals surface area contributed by atoms with E-state index in [-0.39, 0.29) is 5.91 Å². The summed E-state index contributed by atoms with van der Waals surface area (Å²) in [4.78, 5) is 22.7. The molecule has 5 rings (SSSR count). The Labute approximate surface area is 178 Å². The first-order valence-electron chi connectivity index (χ1n) is 9.74. The van der Waals surface area contributed by atoms with Crippen LogP contribution in [-0.2, 0) is 18.3 Å². The van der Waals surface area contributed by atoms with Crippen molar-refractivity contribution in [3.8, 4) is 10.6 Å². The molecule has 0 saturated heterocycles. The molecule has 0 unspecified atom stereocenters. The average molecular weight is 413 g/mol. The van der Waals surface area contributed by atoms with E-state index in [9.17, 15) is 4.79 Å². The lowest BCUT2D eigenvalue weighted by atomic mass is 10.1. The molecular formula is C24H20N4OS. The first-order chi connectivity index (χ1) is 14.6. The van der Waals surface area contributed by atoms with E-state index in [0.717, 1.165) is 48.6 Å². The fraction of sp³-hybridized carbons (Fsp3) is 0.125. The van der Waals surface area contributed by atoms with Gasteiger partial charge in [-0.3, -0.25) is 4.79 Å². The van der Waals surface area contributed by atoms with Gasteiger partial charge in [-0.2, -0.15) is 0 Å². The average Bonchev–Trinajstić information content (AvgIpc) is 3.31. The van der Waals surface area contributed by atoms with E-state index < -0.39 is 0 Å². The van der Waals surface area contributed by atoms with E-state index >= 15 is 0 Å². The zero-order valence-electron chi connectivity index (χ0n) is 16.7. The van der Waals surface area contributed by atoms with Gasteiger partial charge in [-0.25, -0.2) is 9.97 Å². The number of para-hydroxylation sites is 1. The maximum Gasteiger partial charge on any atom is 0.228 e. The van der Waals surface area contributed by atoms with Gasteiger partial charge < -0.3 is 9.88 Å². The number of aromatic nitrogens is 3. The first kappa shape index (κ1) is 18.5. The molecule has 1 N–H and O–H groups in total. The Morgan fingerprint density at radius 3 is 2.83 bits per heavy atom. The van der Waals surface area contributed by atoms with Crippen molar-refractivity contribution in [1.82, 2.24) is 14.5 Å². The van der Waals surface area contributed by atoms with Crippen molar-refractivity contribution in [2.75, 3.05) is 5.32 Å². The summed E-state index contributed by atoms with van der Waals surface area (Å²) in [5.74, 6) is -0.0219. The monoisotopic (exact) mass is 412 g/mol. The molecule has 5 nitrogen and oxygen atoms in total. The van der Waals surface area contributed by atoms with Crippen molar-refractivity contribution in [3.05, 3.63) is 78.1 Å². The number of hydrogen-bond donors (Lipinski definition) is 1. The molecule has 0 fully saturated rings. The third-order valence-corrected chi connectivity index (χ3v) is 6.27. The highest BCUT2D eigenvalue weighted by Gasteiger charge is 2.13. The molecule has 0 radical (unpaired) electrons. The zero-order valence-corrected chi connectivity index (χ0v) is 17.5. The summed E-state index contributed by atoms with van der Waals surface area (Å²) in [6.07, 6.45) is 4.15. The summed E-state index contributed by atoms with van der Waals surface area (Å²) in [5.41, 5.74) is 5.92. The molecule has 148 valence electrons. The van der Waals surface area contributed by atoms with Gasteiger partial charge >= 0.3 is 0 Å². The predicted molar refractivity (Wildman–Crippen MR) is 123 cm³/mol.